The highest BCUT2D eigenvalue weighted by atomic mass is 15.1. The first-order chi connectivity index (χ1) is 9.25. The lowest BCUT2D eigenvalue weighted by Crippen LogP contribution is -2.46. The molecule has 0 aromatic carbocycles. The minimum atomic E-state index is -0.241. The van der Waals surface area contributed by atoms with E-state index in [0.29, 0.717) is 5.92 Å². The van der Waals surface area contributed by atoms with Crippen LogP contribution >= 0.6 is 0 Å². The van der Waals surface area contributed by atoms with Gasteiger partial charge in [-0.2, -0.15) is 5.26 Å². The van der Waals surface area contributed by atoms with Crippen molar-refractivity contribution >= 4 is 0 Å². The van der Waals surface area contributed by atoms with Gasteiger partial charge in [0.25, 0.3) is 0 Å². The summed E-state index contributed by atoms with van der Waals surface area (Å²) >= 11 is 0. The van der Waals surface area contributed by atoms with Crippen LogP contribution < -0.4 is 5.32 Å². The summed E-state index contributed by atoms with van der Waals surface area (Å²) in [5, 5.41) is 12.8. The lowest BCUT2D eigenvalue weighted by atomic mass is 9.86. The highest BCUT2D eigenvalue weighted by Gasteiger charge is 2.41. The van der Waals surface area contributed by atoms with Gasteiger partial charge < -0.3 is 10.2 Å². The molecule has 3 nitrogen and oxygen atoms in total. The van der Waals surface area contributed by atoms with Crippen molar-refractivity contribution < 1.29 is 0 Å². The number of nitrogens with zero attached hydrogens (tertiary/aromatic N) is 2. The maximum atomic E-state index is 9.49. The van der Waals surface area contributed by atoms with Gasteiger partial charge in [-0.25, -0.2) is 0 Å². The van der Waals surface area contributed by atoms with Gasteiger partial charge in [0.05, 0.1) is 6.07 Å². The van der Waals surface area contributed by atoms with E-state index in [4.69, 9.17) is 0 Å². The Morgan fingerprint density at radius 2 is 2.00 bits per heavy atom. The van der Waals surface area contributed by atoms with Crippen molar-refractivity contribution in [2.45, 2.75) is 69.9 Å². The Kier molecular flexibility index (Phi) is 5.24. The number of hydrogen-bond donors (Lipinski definition) is 1. The van der Waals surface area contributed by atoms with Crippen LogP contribution in [0, 0.1) is 17.2 Å². The van der Waals surface area contributed by atoms with E-state index in [9.17, 15) is 5.26 Å². The molecule has 19 heavy (non-hydrogen) atoms. The minimum absolute atomic E-state index is 0.241. The molecule has 2 aliphatic rings. The molecule has 2 rings (SSSR count). The van der Waals surface area contributed by atoms with Crippen LogP contribution in [0.25, 0.3) is 0 Å². The van der Waals surface area contributed by atoms with Gasteiger partial charge in [0.15, 0.2) is 0 Å². The fourth-order valence-electron chi connectivity index (χ4n) is 4.19. The lowest BCUT2D eigenvalue weighted by Gasteiger charge is -2.32. The first-order valence-corrected chi connectivity index (χ1v) is 8.10. The maximum Gasteiger partial charge on any atom is 0.109 e. The monoisotopic (exact) mass is 263 g/mol. The maximum absolute atomic E-state index is 9.49. The third-order valence-electron chi connectivity index (χ3n) is 5.48. The van der Waals surface area contributed by atoms with E-state index in [1.807, 2.05) is 7.05 Å². The molecule has 0 aromatic rings. The van der Waals surface area contributed by atoms with Crippen LogP contribution in [0.15, 0.2) is 0 Å². The lowest BCUT2D eigenvalue weighted by molar-refractivity contribution is 0.181. The van der Waals surface area contributed by atoms with Gasteiger partial charge in [0.2, 0.25) is 0 Å². The molecule has 108 valence electrons. The highest BCUT2D eigenvalue weighted by molar-refractivity contribution is 5.13. The second-order valence-corrected chi connectivity index (χ2v) is 6.28. The molecule has 2 fully saturated rings. The smallest absolute Gasteiger partial charge is 0.109 e. The Morgan fingerprint density at radius 3 is 2.58 bits per heavy atom. The van der Waals surface area contributed by atoms with Crippen molar-refractivity contribution in [2.24, 2.45) is 5.92 Å². The zero-order valence-corrected chi connectivity index (χ0v) is 12.6. The highest BCUT2D eigenvalue weighted by Crippen LogP contribution is 2.37. The summed E-state index contributed by atoms with van der Waals surface area (Å²) in [5.74, 6) is 0.540. The Labute approximate surface area is 118 Å². The molecule has 3 heteroatoms. The van der Waals surface area contributed by atoms with Crippen molar-refractivity contribution in [3.8, 4) is 6.07 Å². The van der Waals surface area contributed by atoms with Gasteiger partial charge >= 0.3 is 0 Å². The average Bonchev–Trinajstić information content (AvgIpc) is 3.09. The summed E-state index contributed by atoms with van der Waals surface area (Å²) in [5.41, 5.74) is -0.241. The average molecular weight is 263 g/mol. The van der Waals surface area contributed by atoms with Crippen molar-refractivity contribution in [3.63, 3.8) is 0 Å². The van der Waals surface area contributed by atoms with Crippen LogP contribution in [0.2, 0.25) is 0 Å². The molecule has 0 aliphatic heterocycles. The zero-order chi connectivity index (χ0) is 13.7. The predicted octanol–water partition coefficient (Wildman–Crippen LogP) is 2.92. The topological polar surface area (TPSA) is 39.1 Å². The normalized spacial score (nSPS) is 32.0. The van der Waals surface area contributed by atoms with E-state index < -0.39 is 0 Å². The van der Waals surface area contributed by atoms with Crippen molar-refractivity contribution in [1.82, 2.24) is 10.2 Å². The summed E-state index contributed by atoms with van der Waals surface area (Å²) in [6, 6.07) is 3.38. The Balaban J connectivity index is 1.88. The van der Waals surface area contributed by atoms with Crippen molar-refractivity contribution in [2.75, 3.05) is 20.1 Å². The number of hydrogen-bond acceptors (Lipinski definition) is 3. The molecule has 0 saturated heterocycles. The minimum Gasteiger partial charge on any atom is -0.302 e. The molecule has 0 spiro atoms. The van der Waals surface area contributed by atoms with Crippen LogP contribution in [0.5, 0.6) is 0 Å². The molecule has 1 N–H and O–H groups in total. The Hall–Kier alpha value is -0.590. The summed E-state index contributed by atoms with van der Waals surface area (Å²) in [4.78, 5) is 2.66. The van der Waals surface area contributed by atoms with E-state index in [1.54, 1.807) is 0 Å². The molecule has 2 atom stereocenters. The summed E-state index contributed by atoms with van der Waals surface area (Å²) in [6.07, 6.45) is 10.2. The van der Waals surface area contributed by atoms with E-state index >= 15 is 0 Å². The van der Waals surface area contributed by atoms with Gasteiger partial charge in [-0.3, -0.25) is 0 Å². The molecular weight excluding hydrogens is 234 g/mol. The van der Waals surface area contributed by atoms with E-state index in [2.05, 4.69) is 23.2 Å². The van der Waals surface area contributed by atoms with Gasteiger partial charge in [-0.1, -0.05) is 26.2 Å². The quantitative estimate of drug-likeness (QED) is 0.801. The molecular formula is C16H29N3. The van der Waals surface area contributed by atoms with Crippen molar-refractivity contribution in [3.05, 3.63) is 0 Å². The zero-order valence-electron chi connectivity index (χ0n) is 12.6. The predicted molar refractivity (Wildman–Crippen MR) is 78.9 cm³/mol. The molecule has 0 heterocycles. The van der Waals surface area contributed by atoms with E-state index in [0.717, 1.165) is 19.0 Å². The first-order valence-electron chi connectivity index (χ1n) is 8.10. The van der Waals surface area contributed by atoms with E-state index in [-0.39, 0.29) is 5.54 Å². The van der Waals surface area contributed by atoms with Crippen LogP contribution in [0.1, 0.15) is 58.3 Å². The fraction of sp³-hybridized carbons (Fsp3) is 0.938. The van der Waals surface area contributed by atoms with Gasteiger partial charge in [0, 0.05) is 6.04 Å². The summed E-state index contributed by atoms with van der Waals surface area (Å²) in [6.45, 7) is 4.62. The Bertz CT molecular complexity index is 316. The van der Waals surface area contributed by atoms with Crippen LogP contribution in [-0.2, 0) is 0 Å². The van der Waals surface area contributed by atoms with Crippen molar-refractivity contribution in [1.29, 1.82) is 5.26 Å². The molecule has 0 amide bonds. The van der Waals surface area contributed by atoms with Crippen LogP contribution in [0.4, 0.5) is 0 Å². The molecule has 0 bridgehead atoms. The largest absolute Gasteiger partial charge is 0.302 e. The van der Waals surface area contributed by atoms with Crippen LogP contribution in [0.3, 0.4) is 0 Å². The second-order valence-electron chi connectivity index (χ2n) is 6.28. The first kappa shape index (κ1) is 14.8. The van der Waals surface area contributed by atoms with Gasteiger partial charge in [-0.15, -0.1) is 0 Å². The summed E-state index contributed by atoms with van der Waals surface area (Å²) < 4.78 is 0. The second kappa shape index (κ2) is 6.72. The molecule has 0 radical (unpaired) electrons. The SMILES string of the molecule is CCN(CCC1CCCC1(C#N)NC)C1CCCC1. The third-order valence-corrected chi connectivity index (χ3v) is 5.48. The summed E-state index contributed by atoms with van der Waals surface area (Å²) in [7, 11) is 1.95. The molecule has 2 aliphatic carbocycles. The fourth-order valence-corrected chi connectivity index (χ4v) is 4.19. The van der Waals surface area contributed by atoms with Gasteiger partial charge in [-0.05, 0) is 58.2 Å². The molecule has 2 saturated carbocycles. The number of nitriles is 1. The Morgan fingerprint density at radius 1 is 1.26 bits per heavy atom. The molecule has 2 unspecified atom stereocenters. The third kappa shape index (κ3) is 3.12. The van der Waals surface area contributed by atoms with E-state index in [1.165, 1.54) is 51.5 Å². The van der Waals surface area contributed by atoms with Crippen LogP contribution in [-0.4, -0.2) is 36.6 Å². The number of nitrogens with one attached hydrogen (secondary N) is 1. The number of rotatable bonds is 6. The standard InChI is InChI=1S/C16H29N3/c1-3-19(15-8-4-5-9-15)12-10-14-7-6-11-16(14,13-17)18-2/h14-15,18H,3-12H2,1-2H3. The van der Waals surface area contributed by atoms with Gasteiger partial charge in [0.1, 0.15) is 5.54 Å². The molecule has 0 aromatic heterocycles.